The second-order valence-corrected chi connectivity index (χ2v) is 2.85. The molecule has 70 valence electrons. The first kappa shape index (κ1) is 8.50. The van der Waals surface area contributed by atoms with Gasteiger partial charge < -0.3 is 10.1 Å². The Kier molecular flexibility index (Phi) is 2.02. The van der Waals surface area contributed by atoms with E-state index in [1.54, 1.807) is 30.5 Å². The number of phenols is 1. The maximum atomic E-state index is 10.7. The number of phenolic OH excluding ortho intramolecular Hbond substituents is 1. The van der Waals surface area contributed by atoms with Crippen LogP contribution in [0, 0.1) is 0 Å². The fourth-order valence-electron chi connectivity index (χ4n) is 1.15. The molecule has 0 bridgehead atoms. The maximum Gasteiger partial charge on any atom is 0.344 e. The third-order valence-electron chi connectivity index (χ3n) is 1.87. The van der Waals surface area contributed by atoms with Crippen LogP contribution in [-0.4, -0.2) is 15.1 Å². The molecule has 0 aliphatic rings. The molecule has 1 aromatic heterocycles. The predicted octanol–water partition coefficient (Wildman–Crippen LogP) is 1.14. The quantitative estimate of drug-likeness (QED) is 0.705. The Bertz CT molecular complexity index is 468. The van der Waals surface area contributed by atoms with E-state index in [-0.39, 0.29) is 11.4 Å². The van der Waals surface area contributed by atoms with E-state index in [4.69, 9.17) is 5.11 Å². The van der Waals surface area contributed by atoms with Crippen LogP contribution < -0.4 is 5.69 Å². The number of rotatable bonds is 1. The molecule has 0 saturated heterocycles. The van der Waals surface area contributed by atoms with E-state index in [2.05, 4.69) is 9.97 Å². The molecule has 2 N–H and O–H groups in total. The first-order chi connectivity index (χ1) is 6.75. The molecule has 2 aromatic rings. The minimum absolute atomic E-state index is 0.214. The average Bonchev–Trinajstić information content (AvgIpc) is 2.21. The second kappa shape index (κ2) is 3.33. The van der Waals surface area contributed by atoms with Crippen molar-refractivity contribution in [1.29, 1.82) is 0 Å². The van der Waals surface area contributed by atoms with E-state index in [0.29, 0.717) is 0 Å². The molecule has 0 atom stereocenters. The summed E-state index contributed by atoms with van der Waals surface area (Å²) in [5, 5.41) is 9.07. The molecular formula is C10H8N2O2. The summed E-state index contributed by atoms with van der Waals surface area (Å²) in [5.74, 6) is 0.214. The molecule has 1 heterocycles. The van der Waals surface area contributed by atoms with Crippen LogP contribution in [0.5, 0.6) is 5.75 Å². The van der Waals surface area contributed by atoms with Gasteiger partial charge in [0.05, 0.1) is 0 Å². The topological polar surface area (TPSA) is 66.0 Å². The SMILES string of the molecule is O=c1ncc(-c2ccc(O)cc2)c[nH]1. The van der Waals surface area contributed by atoms with Gasteiger partial charge in [-0.15, -0.1) is 0 Å². The van der Waals surface area contributed by atoms with E-state index in [1.807, 2.05) is 0 Å². The van der Waals surface area contributed by atoms with Crippen molar-refractivity contribution in [3.05, 3.63) is 47.1 Å². The summed E-state index contributed by atoms with van der Waals surface area (Å²) in [7, 11) is 0. The predicted molar refractivity (Wildman–Crippen MR) is 52.0 cm³/mol. The molecule has 0 aliphatic heterocycles. The number of hydrogen-bond donors (Lipinski definition) is 2. The fourth-order valence-corrected chi connectivity index (χ4v) is 1.15. The molecule has 2 rings (SSSR count). The van der Waals surface area contributed by atoms with E-state index >= 15 is 0 Å². The standard InChI is InChI=1S/C10H8N2O2/c13-9-3-1-7(2-4-9)8-5-11-10(14)12-6-8/h1-6,13H,(H,11,12,14). The normalized spacial score (nSPS) is 10.0. The highest BCUT2D eigenvalue weighted by molar-refractivity contribution is 5.61. The van der Waals surface area contributed by atoms with Crippen LogP contribution in [0.1, 0.15) is 0 Å². The van der Waals surface area contributed by atoms with Crippen LogP contribution in [-0.2, 0) is 0 Å². The van der Waals surface area contributed by atoms with Crippen molar-refractivity contribution in [1.82, 2.24) is 9.97 Å². The first-order valence-electron chi connectivity index (χ1n) is 4.10. The number of aromatic amines is 1. The zero-order valence-corrected chi connectivity index (χ0v) is 7.27. The van der Waals surface area contributed by atoms with E-state index < -0.39 is 0 Å². The molecule has 1 aromatic carbocycles. The Morgan fingerprint density at radius 2 is 1.86 bits per heavy atom. The molecule has 0 unspecified atom stereocenters. The van der Waals surface area contributed by atoms with Gasteiger partial charge in [-0.3, -0.25) is 0 Å². The molecular weight excluding hydrogens is 180 g/mol. The van der Waals surface area contributed by atoms with Crippen molar-refractivity contribution in [2.75, 3.05) is 0 Å². The third-order valence-corrected chi connectivity index (χ3v) is 1.87. The van der Waals surface area contributed by atoms with E-state index in [0.717, 1.165) is 11.1 Å². The smallest absolute Gasteiger partial charge is 0.344 e. The van der Waals surface area contributed by atoms with Gasteiger partial charge in [0.1, 0.15) is 5.75 Å². The minimum Gasteiger partial charge on any atom is -0.508 e. The largest absolute Gasteiger partial charge is 0.508 e. The van der Waals surface area contributed by atoms with E-state index in [1.165, 1.54) is 6.20 Å². The number of aromatic hydroxyl groups is 1. The van der Waals surface area contributed by atoms with Gasteiger partial charge in [-0.05, 0) is 17.7 Å². The number of aromatic nitrogens is 2. The summed E-state index contributed by atoms with van der Waals surface area (Å²) >= 11 is 0. The Morgan fingerprint density at radius 1 is 1.14 bits per heavy atom. The Labute approximate surface area is 79.9 Å². The summed E-state index contributed by atoms with van der Waals surface area (Å²) in [6.45, 7) is 0. The van der Waals surface area contributed by atoms with Crippen molar-refractivity contribution in [2.45, 2.75) is 0 Å². The number of nitrogens with zero attached hydrogens (tertiary/aromatic N) is 1. The summed E-state index contributed by atoms with van der Waals surface area (Å²) < 4.78 is 0. The molecule has 0 aliphatic carbocycles. The van der Waals surface area contributed by atoms with Gasteiger partial charge in [-0.25, -0.2) is 9.78 Å². The average molecular weight is 188 g/mol. The zero-order valence-electron chi connectivity index (χ0n) is 7.27. The molecule has 0 spiro atoms. The zero-order chi connectivity index (χ0) is 9.97. The third kappa shape index (κ3) is 1.64. The minimum atomic E-state index is -0.368. The Balaban J connectivity index is 2.44. The molecule has 0 fully saturated rings. The van der Waals surface area contributed by atoms with Gasteiger partial charge in [-0.2, -0.15) is 0 Å². The van der Waals surface area contributed by atoms with Crippen molar-refractivity contribution < 1.29 is 5.11 Å². The molecule has 4 heteroatoms. The first-order valence-corrected chi connectivity index (χ1v) is 4.10. The number of H-pyrrole nitrogens is 1. The Hall–Kier alpha value is -2.10. The van der Waals surface area contributed by atoms with Crippen molar-refractivity contribution >= 4 is 0 Å². The van der Waals surface area contributed by atoms with Gasteiger partial charge in [0.2, 0.25) is 0 Å². The van der Waals surface area contributed by atoms with Crippen LogP contribution >= 0.6 is 0 Å². The highest BCUT2D eigenvalue weighted by Gasteiger charge is 1.97. The Morgan fingerprint density at radius 3 is 2.43 bits per heavy atom. The lowest BCUT2D eigenvalue weighted by atomic mass is 10.1. The molecule has 14 heavy (non-hydrogen) atoms. The highest BCUT2D eigenvalue weighted by atomic mass is 16.3. The van der Waals surface area contributed by atoms with Crippen LogP contribution in [0.25, 0.3) is 11.1 Å². The molecule has 0 radical (unpaired) electrons. The highest BCUT2D eigenvalue weighted by Crippen LogP contribution is 2.19. The lowest BCUT2D eigenvalue weighted by Gasteiger charge is -1.99. The van der Waals surface area contributed by atoms with Crippen LogP contribution in [0.15, 0.2) is 41.5 Å². The van der Waals surface area contributed by atoms with E-state index in [9.17, 15) is 4.79 Å². The number of hydrogen-bond acceptors (Lipinski definition) is 3. The van der Waals surface area contributed by atoms with Crippen LogP contribution in [0.4, 0.5) is 0 Å². The summed E-state index contributed by atoms with van der Waals surface area (Å²) in [4.78, 5) is 16.8. The number of benzene rings is 1. The molecule has 0 amide bonds. The van der Waals surface area contributed by atoms with Crippen molar-refractivity contribution in [3.8, 4) is 16.9 Å². The summed E-state index contributed by atoms with van der Waals surface area (Å²) in [6.07, 6.45) is 3.08. The second-order valence-electron chi connectivity index (χ2n) is 2.85. The van der Waals surface area contributed by atoms with Gasteiger partial charge in [0, 0.05) is 18.0 Å². The monoisotopic (exact) mass is 188 g/mol. The summed E-state index contributed by atoms with van der Waals surface area (Å²) in [6, 6.07) is 6.68. The molecule has 4 nitrogen and oxygen atoms in total. The maximum absolute atomic E-state index is 10.7. The van der Waals surface area contributed by atoms with Crippen molar-refractivity contribution in [2.24, 2.45) is 0 Å². The van der Waals surface area contributed by atoms with Crippen LogP contribution in [0.3, 0.4) is 0 Å². The lowest BCUT2D eigenvalue weighted by Crippen LogP contribution is -2.07. The number of nitrogens with one attached hydrogen (secondary N) is 1. The lowest BCUT2D eigenvalue weighted by molar-refractivity contribution is 0.475. The summed E-state index contributed by atoms with van der Waals surface area (Å²) in [5.41, 5.74) is 1.34. The van der Waals surface area contributed by atoms with Gasteiger partial charge in [-0.1, -0.05) is 12.1 Å². The van der Waals surface area contributed by atoms with Gasteiger partial charge in [0.25, 0.3) is 0 Å². The van der Waals surface area contributed by atoms with Gasteiger partial charge >= 0.3 is 5.69 Å². The molecule has 0 saturated carbocycles. The van der Waals surface area contributed by atoms with Gasteiger partial charge in [0.15, 0.2) is 0 Å². The van der Waals surface area contributed by atoms with Crippen LogP contribution in [0.2, 0.25) is 0 Å². The van der Waals surface area contributed by atoms with Crippen molar-refractivity contribution in [3.63, 3.8) is 0 Å². The fraction of sp³-hybridized carbons (Fsp3) is 0.